The molecule has 0 bridgehead atoms. The highest BCUT2D eigenvalue weighted by Gasteiger charge is 2.62. The quantitative estimate of drug-likeness (QED) is 0.799. The van der Waals surface area contributed by atoms with Crippen LogP contribution in [0.4, 0.5) is 13.2 Å². The van der Waals surface area contributed by atoms with E-state index in [1.165, 1.54) is 0 Å². The van der Waals surface area contributed by atoms with Crippen LogP contribution in [0.3, 0.4) is 0 Å². The number of halogens is 3. The molecular formula is C10H17F3N2S. The molecule has 0 amide bonds. The third-order valence-electron chi connectivity index (χ3n) is 3.25. The zero-order valence-electron chi connectivity index (χ0n) is 9.07. The van der Waals surface area contributed by atoms with Crippen LogP contribution in [0.25, 0.3) is 0 Å². The standard InChI is InChI=1S/C10H17F3N2S/c11-10(12,13)9(2-3-9)15-4-1-8-7-16-6-5-14-8/h8,14-15H,1-7H2. The van der Waals surface area contributed by atoms with E-state index in [0.717, 1.165) is 24.5 Å². The maximum absolute atomic E-state index is 12.6. The molecule has 1 atom stereocenters. The van der Waals surface area contributed by atoms with Gasteiger partial charge in [-0.2, -0.15) is 24.9 Å². The first-order valence-corrected chi connectivity index (χ1v) is 6.82. The minimum Gasteiger partial charge on any atom is -0.312 e. The fraction of sp³-hybridized carbons (Fsp3) is 1.00. The van der Waals surface area contributed by atoms with E-state index in [1.54, 1.807) is 0 Å². The summed E-state index contributed by atoms with van der Waals surface area (Å²) >= 11 is 1.87. The molecule has 0 aromatic carbocycles. The second kappa shape index (κ2) is 4.74. The monoisotopic (exact) mass is 254 g/mol. The zero-order chi connectivity index (χ0) is 11.6. The molecule has 1 saturated carbocycles. The van der Waals surface area contributed by atoms with E-state index in [4.69, 9.17) is 0 Å². The molecule has 2 aliphatic rings. The molecule has 2 fully saturated rings. The van der Waals surface area contributed by atoms with Gasteiger partial charge in [0, 0.05) is 24.1 Å². The Balaban J connectivity index is 1.68. The minimum atomic E-state index is -4.08. The molecule has 1 unspecified atom stereocenters. The van der Waals surface area contributed by atoms with E-state index in [9.17, 15) is 13.2 Å². The first-order valence-electron chi connectivity index (χ1n) is 5.66. The van der Waals surface area contributed by atoms with Crippen molar-refractivity contribution >= 4 is 11.8 Å². The van der Waals surface area contributed by atoms with E-state index in [2.05, 4.69) is 10.6 Å². The van der Waals surface area contributed by atoms with Crippen molar-refractivity contribution in [2.45, 2.75) is 37.0 Å². The molecule has 1 aliphatic heterocycles. The van der Waals surface area contributed by atoms with Gasteiger partial charge in [0.25, 0.3) is 0 Å². The van der Waals surface area contributed by atoms with E-state index in [-0.39, 0.29) is 12.8 Å². The summed E-state index contributed by atoms with van der Waals surface area (Å²) in [5, 5.41) is 6.01. The molecule has 1 aliphatic carbocycles. The topological polar surface area (TPSA) is 24.1 Å². The smallest absolute Gasteiger partial charge is 0.312 e. The van der Waals surface area contributed by atoms with Crippen LogP contribution in [0.5, 0.6) is 0 Å². The fourth-order valence-corrected chi connectivity index (χ4v) is 2.97. The largest absolute Gasteiger partial charge is 0.406 e. The Labute approximate surface area is 97.7 Å². The Morgan fingerprint density at radius 2 is 2.12 bits per heavy atom. The number of alkyl halides is 3. The Morgan fingerprint density at radius 1 is 1.38 bits per heavy atom. The van der Waals surface area contributed by atoms with Gasteiger partial charge in [0.2, 0.25) is 0 Å². The van der Waals surface area contributed by atoms with E-state index >= 15 is 0 Å². The summed E-state index contributed by atoms with van der Waals surface area (Å²) in [6, 6.07) is 0.371. The lowest BCUT2D eigenvalue weighted by atomic mass is 10.2. The van der Waals surface area contributed by atoms with Gasteiger partial charge in [-0.25, -0.2) is 0 Å². The van der Waals surface area contributed by atoms with E-state index < -0.39 is 11.7 Å². The second-order valence-electron chi connectivity index (χ2n) is 4.52. The second-order valence-corrected chi connectivity index (χ2v) is 5.67. The molecule has 0 aromatic rings. The highest BCUT2D eigenvalue weighted by molar-refractivity contribution is 7.99. The first kappa shape index (κ1) is 12.5. The average Bonchev–Trinajstić information content (AvgIpc) is 3.00. The number of thioether (sulfide) groups is 1. The molecule has 0 aromatic heterocycles. The van der Waals surface area contributed by atoms with Gasteiger partial charge in [-0.3, -0.25) is 0 Å². The lowest BCUT2D eigenvalue weighted by molar-refractivity contribution is -0.165. The van der Waals surface area contributed by atoms with Crippen LogP contribution in [0.2, 0.25) is 0 Å². The summed E-state index contributed by atoms with van der Waals surface area (Å²) in [5.41, 5.74) is -1.55. The van der Waals surface area contributed by atoms with Gasteiger partial charge in [-0.05, 0) is 25.8 Å². The van der Waals surface area contributed by atoms with Gasteiger partial charge >= 0.3 is 6.18 Å². The van der Waals surface area contributed by atoms with Gasteiger partial charge in [0.15, 0.2) is 0 Å². The maximum Gasteiger partial charge on any atom is 0.406 e. The maximum atomic E-state index is 12.6. The summed E-state index contributed by atoms with van der Waals surface area (Å²) < 4.78 is 37.7. The average molecular weight is 254 g/mol. The number of nitrogens with one attached hydrogen (secondary N) is 2. The van der Waals surface area contributed by atoms with Crippen LogP contribution in [-0.4, -0.2) is 42.4 Å². The van der Waals surface area contributed by atoms with Crippen LogP contribution in [0.1, 0.15) is 19.3 Å². The van der Waals surface area contributed by atoms with Gasteiger partial charge < -0.3 is 10.6 Å². The predicted molar refractivity (Wildman–Crippen MR) is 59.8 cm³/mol. The molecule has 2 N–H and O–H groups in total. The molecular weight excluding hydrogens is 237 g/mol. The summed E-state index contributed by atoms with van der Waals surface area (Å²) in [6.45, 7) is 1.43. The molecule has 1 saturated heterocycles. The SMILES string of the molecule is FC(F)(F)C1(NCCC2CSCCN2)CC1. The number of rotatable bonds is 4. The fourth-order valence-electron chi connectivity index (χ4n) is 1.98. The Bertz CT molecular complexity index is 235. The van der Waals surface area contributed by atoms with Gasteiger partial charge in [-0.1, -0.05) is 0 Å². The van der Waals surface area contributed by atoms with Crippen LogP contribution < -0.4 is 10.6 Å². The summed E-state index contributed by atoms with van der Waals surface area (Å²) in [7, 11) is 0. The van der Waals surface area contributed by atoms with Gasteiger partial charge in [0.1, 0.15) is 5.54 Å². The summed E-state index contributed by atoms with van der Waals surface area (Å²) in [5.74, 6) is 2.12. The van der Waals surface area contributed by atoms with Crippen molar-refractivity contribution in [2.24, 2.45) is 0 Å². The van der Waals surface area contributed by atoms with Crippen molar-refractivity contribution in [3.8, 4) is 0 Å². The van der Waals surface area contributed by atoms with Crippen LogP contribution >= 0.6 is 11.8 Å². The highest BCUT2D eigenvalue weighted by atomic mass is 32.2. The molecule has 6 heteroatoms. The van der Waals surface area contributed by atoms with Crippen molar-refractivity contribution in [1.29, 1.82) is 0 Å². The zero-order valence-corrected chi connectivity index (χ0v) is 9.89. The highest BCUT2D eigenvalue weighted by Crippen LogP contribution is 2.48. The summed E-state index contributed by atoms with van der Waals surface area (Å²) in [6.07, 6.45) is -2.82. The normalized spacial score (nSPS) is 29.1. The van der Waals surface area contributed by atoms with Crippen LogP contribution in [0, 0.1) is 0 Å². The predicted octanol–water partition coefficient (Wildman–Crippen LogP) is 1.77. The molecule has 2 nitrogen and oxygen atoms in total. The van der Waals surface area contributed by atoms with Gasteiger partial charge in [0.05, 0.1) is 0 Å². The Morgan fingerprint density at radius 3 is 2.62 bits per heavy atom. The van der Waals surface area contributed by atoms with E-state index in [0.29, 0.717) is 12.6 Å². The Kier molecular flexibility index (Phi) is 3.71. The van der Waals surface area contributed by atoms with E-state index in [1.807, 2.05) is 11.8 Å². The lowest BCUT2D eigenvalue weighted by Gasteiger charge is -2.25. The van der Waals surface area contributed by atoms with Gasteiger partial charge in [-0.15, -0.1) is 0 Å². The van der Waals surface area contributed by atoms with Crippen LogP contribution in [-0.2, 0) is 0 Å². The number of hydrogen-bond acceptors (Lipinski definition) is 3. The van der Waals surface area contributed by atoms with Crippen molar-refractivity contribution in [3.05, 3.63) is 0 Å². The van der Waals surface area contributed by atoms with Crippen molar-refractivity contribution in [1.82, 2.24) is 10.6 Å². The van der Waals surface area contributed by atoms with Crippen molar-refractivity contribution in [3.63, 3.8) is 0 Å². The van der Waals surface area contributed by atoms with Crippen LogP contribution in [0.15, 0.2) is 0 Å². The van der Waals surface area contributed by atoms with Crippen molar-refractivity contribution in [2.75, 3.05) is 24.6 Å². The number of hydrogen-bond donors (Lipinski definition) is 2. The molecule has 2 rings (SSSR count). The minimum absolute atomic E-state index is 0.239. The molecule has 1 heterocycles. The molecule has 16 heavy (non-hydrogen) atoms. The Hall–Kier alpha value is 0.0600. The summed E-state index contributed by atoms with van der Waals surface area (Å²) in [4.78, 5) is 0. The molecule has 94 valence electrons. The molecule has 0 spiro atoms. The third kappa shape index (κ3) is 2.84. The first-order chi connectivity index (χ1) is 7.54. The third-order valence-corrected chi connectivity index (χ3v) is 4.38. The lowest BCUT2D eigenvalue weighted by Crippen LogP contribution is -2.47. The molecule has 0 radical (unpaired) electrons. The van der Waals surface area contributed by atoms with Crippen molar-refractivity contribution < 1.29 is 13.2 Å².